The molecule has 2 atom stereocenters. The fraction of sp³-hybridized carbons (Fsp3) is 0.600. The van der Waals surface area contributed by atoms with Gasteiger partial charge in [-0.15, -0.1) is 0 Å². The second kappa shape index (κ2) is 5.85. The maximum absolute atomic E-state index is 12.8. The average molecular weight is 311 g/mol. The first-order valence-electron chi connectivity index (χ1n) is 7.48. The van der Waals surface area contributed by atoms with Gasteiger partial charge in [-0.05, 0) is 25.0 Å². The van der Waals surface area contributed by atoms with E-state index in [9.17, 15) is 8.42 Å². The largest absolute Gasteiger partial charge is 0.490 e. The standard InChI is InChI=1S/C15H21NO4S/c16-12-4-1-2-5-15(12)21(17,18)11-6-7-13-14(10-11)20-9-3-8-19-13/h6-7,10,12,15H,1-5,8-9,16H2. The highest BCUT2D eigenvalue weighted by Crippen LogP contribution is 2.35. The molecule has 2 aliphatic rings. The van der Waals surface area contributed by atoms with Crippen LogP contribution in [-0.2, 0) is 9.84 Å². The van der Waals surface area contributed by atoms with Crippen LogP contribution in [0.3, 0.4) is 0 Å². The van der Waals surface area contributed by atoms with Crippen molar-refractivity contribution in [3.8, 4) is 11.5 Å². The van der Waals surface area contributed by atoms with E-state index in [4.69, 9.17) is 15.2 Å². The molecule has 1 heterocycles. The monoisotopic (exact) mass is 311 g/mol. The predicted molar refractivity (Wildman–Crippen MR) is 79.5 cm³/mol. The van der Waals surface area contributed by atoms with Gasteiger partial charge in [0, 0.05) is 18.5 Å². The van der Waals surface area contributed by atoms with Crippen LogP contribution < -0.4 is 15.2 Å². The summed E-state index contributed by atoms with van der Waals surface area (Å²) >= 11 is 0. The van der Waals surface area contributed by atoms with Crippen LogP contribution >= 0.6 is 0 Å². The normalized spacial score (nSPS) is 26.1. The minimum absolute atomic E-state index is 0.278. The molecule has 2 unspecified atom stereocenters. The maximum Gasteiger partial charge on any atom is 0.182 e. The molecule has 1 aromatic rings. The van der Waals surface area contributed by atoms with Gasteiger partial charge >= 0.3 is 0 Å². The molecule has 1 aliphatic carbocycles. The SMILES string of the molecule is NC1CCCCC1S(=O)(=O)c1ccc2c(c1)OCCCO2. The molecular formula is C15H21NO4S. The van der Waals surface area contributed by atoms with Crippen LogP contribution in [0, 0.1) is 0 Å². The molecule has 0 radical (unpaired) electrons. The summed E-state index contributed by atoms with van der Waals surface area (Å²) in [6.07, 6.45) is 4.13. The zero-order chi connectivity index (χ0) is 14.9. The number of hydrogen-bond acceptors (Lipinski definition) is 5. The number of rotatable bonds is 2. The van der Waals surface area contributed by atoms with E-state index in [2.05, 4.69) is 0 Å². The molecule has 2 N–H and O–H groups in total. The third-order valence-electron chi connectivity index (χ3n) is 4.20. The Balaban J connectivity index is 1.93. The van der Waals surface area contributed by atoms with E-state index in [1.807, 2.05) is 0 Å². The summed E-state index contributed by atoms with van der Waals surface area (Å²) in [7, 11) is -3.42. The summed E-state index contributed by atoms with van der Waals surface area (Å²) in [5, 5.41) is -0.490. The van der Waals surface area contributed by atoms with Crippen LogP contribution in [0.15, 0.2) is 23.1 Å². The van der Waals surface area contributed by atoms with Gasteiger partial charge in [0.05, 0.1) is 23.4 Å². The molecule has 1 saturated carbocycles. The van der Waals surface area contributed by atoms with Crippen molar-refractivity contribution < 1.29 is 17.9 Å². The molecule has 21 heavy (non-hydrogen) atoms. The minimum atomic E-state index is -3.42. The second-order valence-corrected chi connectivity index (χ2v) is 7.86. The molecular weight excluding hydrogens is 290 g/mol. The number of ether oxygens (including phenoxy) is 2. The third kappa shape index (κ3) is 2.87. The van der Waals surface area contributed by atoms with Crippen LogP contribution in [0.1, 0.15) is 32.1 Å². The lowest BCUT2D eigenvalue weighted by molar-refractivity contribution is 0.297. The molecule has 1 aliphatic heterocycles. The topological polar surface area (TPSA) is 78.6 Å². The summed E-state index contributed by atoms with van der Waals surface area (Å²) in [6, 6.07) is 4.59. The Kier molecular flexibility index (Phi) is 4.08. The van der Waals surface area contributed by atoms with E-state index in [0.717, 1.165) is 25.7 Å². The van der Waals surface area contributed by atoms with Gasteiger partial charge in [0.1, 0.15) is 0 Å². The van der Waals surface area contributed by atoms with Crippen LogP contribution in [0.2, 0.25) is 0 Å². The van der Waals surface area contributed by atoms with Crippen molar-refractivity contribution in [3.05, 3.63) is 18.2 Å². The molecule has 1 aromatic carbocycles. The predicted octanol–water partition coefficient (Wildman–Crippen LogP) is 1.89. The number of benzene rings is 1. The Morgan fingerprint density at radius 1 is 1.00 bits per heavy atom. The number of nitrogens with two attached hydrogens (primary N) is 1. The lowest BCUT2D eigenvalue weighted by atomic mass is 9.96. The summed E-state index contributed by atoms with van der Waals surface area (Å²) in [4.78, 5) is 0.286. The van der Waals surface area contributed by atoms with Crippen LogP contribution in [0.4, 0.5) is 0 Å². The Morgan fingerprint density at radius 2 is 1.71 bits per heavy atom. The Bertz CT molecular complexity index is 614. The first kappa shape index (κ1) is 14.7. The summed E-state index contributed by atoms with van der Waals surface area (Å²) in [5.41, 5.74) is 6.03. The number of sulfone groups is 1. The van der Waals surface area contributed by atoms with Crippen molar-refractivity contribution in [1.82, 2.24) is 0 Å². The third-order valence-corrected chi connectivity index (χ3v) is 6.49. The zero-order valence-corrected chi connectivity index (χ0v) is 12.8. The summed E-state index contributed by atoms with van der Waals surface area (Å²) < 4.78 is 36.7. The highest BCUT2D eigenvalue weighted by atomic mass is 32.2. The first-order valence-corrected chi connectivity index (χ1v) is 9.03. The number of hydrogen-bond donors (Lipinski definition) is 1. The Morgan fingerprint density at radius 3 is 2.48 bits per heavy atom. The Labute approximate surface area is 125 Å². The smallest absolute Gasteiger partial charge is 0.182 e. The van der Waals surface area contributed by atoms with Crippen LogP contribution in [0.5, 0.6) is 11.5 Å². The van der Waals surface area contributed by atoms with Gasteiger partial charge in [-0.25, -0.2) is 8.42 Å². The summed E-state index contributed by atoms with van der Waals surface area (Å²) in [5.74, 6) is 1.12. The van der Waals surface area contributed by atoms with E-state index in [-0.39, 0.29) is 10.9 Å². The van der Waals surface area contributed by atoms with E-state index in [1.165, 1.54) is 0 Å². The Hall–Kier alpha value is -1.27. The van der Waals surface area contributed by atoms with Crippen molar-refractivity contribution >= 4 is 9.84 Å². The van der Waals surface area contributed by atoms with Gasteiger partial charge in [0.15, 0.2) is 21.3 Å². The molecule has 5 nitrogen and oxygen atoms in total. The van der Waals surface area contributed by atoms with E-state index >= 15 is 0 Å². The fourth-order valence-electron chi connectivity index (χ4n) is 3.01. The van der Waals surface area contributed by atoms with Crippen LogP contribution in [-0.4, -0.2) is 32.9 Å². The minimum Gasteiger partial charge on any atom is -0.490 e. The van der Waals surface area contributed by atoms with Gasteiger partial charge in [-0.2, -0.15) is 0 Å². The van der Waals surface area contributed by atoms with E-state index < -0.39 is 15.1 Å². The highest BCUT2D eigenvalue weighted by molar-refractivity contribution is 7.92. The van der Waals surface area contributed by atoms with Crippen molar-refractivity contribution in [2.24, 2.45) is 5.73 Å². The first-order chi connectivity index (χ1) is 10.1. The van der Waals surface area contributed by atoms with Gasteiger partial charge in [0.2, 0.25) is 0 Å². The molecule has 0 aromatic heterocycles. The van der Waals surface area contributed by atoms with E-state index in [0.29, 0.717) is 31.1 Å². The fourth-order valence-corrected chi connectivity index (χ4v) is 4.96. The van der Waals surface area contributed by atoms with Crippen molar-refractivity contribution in [2.75, 3.05) is 13.2 Å². The van der Waals surface area contributed by atoms with Gasteiger partial charge in [-0.1, -0.05) is 12.8 Å². The number of fused-ring (bicyclic) bond motifs is 1. The molecule has 1 fully saturated rings. The molecule has 0 saturated heterocycles. The van der Waals surface area contributed by atoms with Gasteiger partial charge in [-0.3, -0.25) is 0 Å². The van der Waals surface area contributed by atoms with Gasteiger partial charge in [0.25, 0.3) is 0 Å². The van der Waals surface area contributed by atoms with Crippen LogP contribution in [0.25, 0.3) is 0 Å². The van der Waals surface area contributed by atoms with Crippen molar-refractivity contribution in [2.45, 2.75) is 48.3 Å². The van der Waals surface area contributed by atoms with Crippen molar-refractivity contribution in [3.63, 3.8) is 0 Å². The van der Waals surface area contributed by atoms with E-state index in [1.54, 1.807) is 18.2 Å². The molecule has 6 heteroatoms. The molecule has 3 rings (SSSR count). The van der Waals surface area contributed by atoms with Crippen molar-refractivity contribution in [1.29, 1.82) is 0 Å². The van der Waals surface area contributed by atoms with Gasteiger partial charge < -0.3 is 15.2 Å². The quantitative estimate of drug-likeness (QED) is 0.902. The maximum atomic E-state index is 12.8. The molecule has 0 spiro atoms. The highest BCUT2D eigenvalue weighted by Gasteiger charge is 2.35. The average Bonchev–Trinajstić information content (AvgIpc) is 2.72. The summed E-state index contributed by atoms with van der Waals surface area (Å²) in [6.45, 7) is 1.13. The molecule has 116 valence electrons. The molecule has 0 amide bonds. The molecule has 0 bridgehead atoms. The lowest BCUT2D eigenvalue weighted by Gasteiger charge is -2.28. The lowest BCUT2D eigenvalue weighted by Crippen LogP contribution is -2.42. The second-order valence-electron chi connectivity index (χ2n) is 5.69. The zero-order valence-electron chi connectivity index (χ0n) is 12.0.